The van der Waals surface area contributed by atoms with Gasteiger partial charge in [0.25, 0.3) is 0 Å². The molecule has 0 aromatic carbocycles. The fourth-order valence-corrected chi connectivity index (χ4v) is 2.29. The second-order valence-corrected chi connectivity index (χ2v) is 5.96. The maximum absolute atomic E-state index is 10.3. The first kappa shape index (κ1) is 28.7. The third-order valence-electron chi connectivity index (χ3n) is 3.66. The molecule has 3 N–H and O–H groups in total. The van der Waals surface area contributed by atoms with Gasteiger partial charge in [0.05, 0.1) is 5.97 Å². The van der Waals surface area contributed by atoms with E-state index in [0.717, 1.165) is 12.8 Å². The van der Waals surface area contributed by atoms with Crippen molar-refractivity contribution in [2.75, 3.05) is 6.54 Å². The number of unbranched alkanes of at least 4 members (excludes halogenated alkanes) is 12. The van der Waals surface area contributed by atoms with E-state index < -0.39 is 11.9 Å². The summed E-state index contributed by atoms with van der Waals surface area (Å²) in [6, 6.07) is 0. The summed E-state index contributed by atoms with van der Waals surface area (Å²) in [5.74, 6) is -1.87. The molecule has 138 valence electrons. The molecular formula is C18H36NNaO4. The molecular weight excluding hydrogens is 317 g/mol. The summed E-state index contributed by atoms with van der Waals surface area (Å²) in [4.78, 5) is 19.4. The van der Waals surface area contributed by atoms with Crippen molar-refractivity contribution in [3.8, 4) is 0 Å². The standard InChI is InChI=1S/C16H32O2.C2H5NO2.Na/c1-2-3-4-5-6-7-8-9-10-11-12-13-14-15-16(17)18;3-1-2(4)5;/h2-15H2,1H3,(H,17,18);1,3H2,(H,4,5);/q;;+1/p-1. The van der Waals surface area contributed by atoms with E-state index in [1.807, 2.05) is 0 Å². The molecule has 0 saturated carbocycles. The monoisotopic (exact) mass is 353 g/mol. The van der Waals surface area contributed by atoms with Gasteiger partial charge in [-0.3, -0.25) is 4.79 Å². The van der Waals surface area contributed by atoms with Gasteiger partial charge in [0.1, 0.15) is 0 Å². The van der Waals surface area contributed by atoms with Gasteiger partial charge in [-0.05, 0) is 6.42 Å². The number of carboxylic acid groups (broad SMARTS) is 2. The van der Waals surface area contributed by atoms with Crippen LogP contribution in [-0.2, 0) is 9.59 Å². The Kier molecular flexibility index (Phi) is 30.1. The zero-order chi connectivity index (χ0) is 17.8. The molecule has 0 aliphatic carbocycles. The van der Waals surface area contributed by atoms with Crippen LogP contribution in [0.2, 0.25) is 0 Å². The molecule has 0 rings (SSSR count). The summed E-state index contributed by atoms with van der Waals surface area (Å²) in [7, 11) is 0. The van der Waals surface area contributed by atoms with Gasteiger partial charge in [-0.25, -0.2) is 0 Å². The summed E-state index contributed by atoms with van der Waals surface area (Å²) in [5.41, 5.74) is 4.51. The normalized spacial score (nSPS) is 9.58. The first-order valence-corrected chi connectivity index (χ1v) is 9.16. The summed E-state index contributed by atoms with van der Waals surface area (Å²) >= 11 is 0. The maximum Gasteiger partial charge on any atom is 1.00 e. The number of nitrogens with two attached hydrogens (primary N) is 1. The van der Waals surface area contributed by atoms with E-state index in [-0.39, 0.29) is 36.1 Å². The average Bonchev–Trinajstić information content (AvgIpc) is 2.52. The van der Waals surface area contributed by atoms with Crippen molar-refractivity contribution in [3.05, 3.63) is 0 Å². The van der Waals surface area contributed by atoms with Crippen LogP contribution in [0.4, 0.5) is 0 Å². The van der Waals surface area contributed by atoms with Gasteiger partial charge in [-0.15, -0.1) is 0 Å². The van der Waals surface area contributed by atoms with E-state index >= 15 is 0 Å². The van der Waals surface area contributed by atoms with Gasteiger partial charge in [0, 0.05) is 13.0 Å². The Morgan fingerprint density at radius 1 is 0.792 bits per heavy atom. The van der Waals surface area contributed by atoms with Gasteiger partial charge in [-0.1, -0.05) is 84.0 Å². The Morgan fingerprint density at radius 2 is 1.08 bits per heavy atom. The molecule has 6 heteroatoms. The number of carboxylic acids is 2. The Balaban J connectivity index is -0.000000639. The molecule has 0 heterocycles. The number of aliphatic carboxylic acids is 2. The van der Waals surface area contributed by atoms with E-state index in [2.05, 4.69) is 12.7 Å². The summed E-state index contributed by atoms with van der Waals surface area (Å²) in [6.07, 6.45) is 17.3. The number of rotatable bonds is 15. The van der Waals surface area contributed by atoms with Gasteiger partial charge >= 0.3 is 35.5 Å². The summed E-state index contributed by atoms with van der Waals surface area (Å²) in [5, 5.41) is 17.6. The Bertz CT molecular complexity index is 276. The van der Waals surface area contributed by atoms with E-state index in [1.54, 1.807) is 0 Å². The number of hydrogen-bond acceptors (Lipinski definition) is 4. The molecule has 0 atom stereocenters. The van der Waals surface area contributed by atoms with Gasteiger partial charge in [0.15, 0.2) is 0 Å². The molecule has 0 fully saturated rings. The van der Waals surface area contributed by atoms with Crippen LogP contribution < -0.4 is 40.4 Å². The number of carbonyl (C=O) groups excluding carboxylic acids is 1. The molecule has 0 aromatic heterocycles. The van der Waals surface area contributed by atoms with E-state index in [1.165, 1.54) is 70.6 Å². The van der Waals surface area contributed by atoms with Crippen LogP contribution >= 0.6 is 0 Å². The van der Waals surface area contributed by atoms with Crippen LogP contribution in [0.25, 0.3) is 0 Å². The zero-order valence-corrected chi connectivity index (χ0v) is 17.9. The van der Waals surface area contributed by atoms with Crippen molar-refractivity contribution < 1.29 is 49.4 Å². The number of hydrogen-bond donors (Lipinski definition) is 2. The minimum absolute atomic E-state index is 0. The second kappa shape index (κ2) is 25.1. The van der Waals surface area contributed by atoms with Crippen molar-refractivity contribution in [2.24, 2.45) is 5.73 Å². The summed E-state index contributed by atoms with van der Waals surface area (Å²) in [6.45, 7) is 1.87. The van der Waals surface area contributed by atoms with Crippen LogP contribution in [0.1, 0.15) is 96.8 Å². The Labute approximate surface area is 170 Å². The molecule has 0 spiro atoms. The van der Waals surface area contributed by atoms with Crippen molar-refractivity contribution in [1.29, 1.82) is 0 Å². The van der Waals surface area contributed by atoms with E-state index in [0.29, 0.717) is 6.42 Å². The van der Waals surface area contributed by atoms with Crippen LogP contribution in [-0.4, -0.2) is 23.6 Å². The zero-order valence-electron chi connectivity index (χ0n) is 15.9. The van der Waals surface area contributed by atoms with Crippen molar-refractivity contribution >= 4 is 11.9 Å². The Hall–Kier alpha value is -0.100. The van der Waals surface area contributed by atoms with Crippen LogP contribution in [0.3, 0.4) is 0 Å². The topological polar surface area (TPSA) is 103 Å². The first-order valence-electron chi connectivity index (χ1n) is 9.16. The molecule has 5 nitrogen and oxygen atoms in total. The van der Waals surface area contributed by atoms with E-state index in [4.69, 9.17) is 15.0 Å². The minimum Gasteiger partial charge on any atom is -0.549 e. The molecule has 0 bridgehead atoms. The van der Waals surface area contributed by atoms with Crippen LogP contribution in [0, 0.1) is 0 Å². The fraction of sp³-hybridized carbons (Fsp3) is 0.889. The van der Waals surface area contributed by atoms with Gasteiger partial charge in [0.2, 0.25) is 0 Å². The van der Waals surface area contributed by atoms with Crippen LogP contribution in [0.5, 0.6) is 0 Å². The quantitative estimate of drug-likeness (QED) is 0.324. The third-order valence-corrected chi connectivity index (χ3v) is 3.66. The smallest absolute Gasteiger partial charge is 0.549 e. The largest absolute Gasteiger partial charge is 1.00 e. The van der Waals surface area contributed by atoms with E-state index in [9.17, 15) is 4.79 Å². The van der Waals surface area contributed by atoms with Crippen molar-refractivity contribution in [3.63, 3.8) is 0 Å². The molecule has 0 saturated heterocycles. The number of carbonyl (C=O) groups is 2. The minimum atomic E-state index is -1.22. The second-order valence-electron chi connectivity index (χ2n) is 5.96. The Morgan fingerprint density at radius 3 is 1.33 bits per heavy atom. The average molecular weight is 353 g/mol. The predicted octanol–water partition coefficient (Wildman–Crippen LogP) is 0.251. The molecule has 0 unspecified atom stereocenters. The molecule has 0 aliphatic heterocycles. The van der Waals surface area contributed by atoms with Crippen LogP contribution in [0.15, 0.2) is 0 Å². The molecule has 24 heavy (non-hydrogen) atoms. The maximum atomic E-state index is 10.3. The molecule has 0 aromatic rings. The summed E-state index contributed by atoms with van der Waals surface area (Å²) < 4.78 is 0. The predicted molar refractivity (Wildman–Crippen MR) is 92.0 cm³/mol. The third kappa shape index (κ3) is 33.5. The van der Waals surface area contributed by atoms with Crippen molar-refractivity contribution in [1.82, 2.24) is 0 Å². The molecule has 0 amide bonds. The van der Waals surface area contributed by atoms with Crippen molar-refractivity contribution in [2.45, 2.75) is 96.8 Å². The molecule has 0 radical (unpaired) electrons. The first-order chi connectivity index (χ1) is 11.0. The molecule has 0 aliphatic rings. The van der Waals surface area contributed by atoms with Gasteiger partial charge in [-0.2, -0.15) is 0 Å². The SMILES string of the molecule is CCCCCCCCCCCCCCCC(=O)O.NCC(=O)[O-].[Na+]. The van der Waals surface area contributed by atoms with Gasteiger partial charge < -0.3 is 20.7 Å². The fourth-order valence-electron chi connectivity index (χ4n) is 2.29.